The maximum atomic E-state index is 13.0. The molecule has 2 heterocycles. The van der Waals surface area contributed by atoms with Crippen molar-refractivity contribution in [2.24, 2.45) is 0 Å². The topological polar surface area (TPSA) is 97.1 Å². The Hall–Kier alpha value is -2.93. The first-order chi connectivity index (χ1) is 15.6. The number of benzene rings is 2. The highest BCUT2D eigenvalue weighted by atomic mass is 19.4. The maximum Gasteiger partial charge on any atom is 0.416 e. The molecule has 0 unspecified atom stereocenters. The average Bonchev–Trinajstić information content (AvgIpc) is 3.32. The molecule has 180 valence electrons. The van der Waals surface area contributed by atoms with Gasteiger partial charge in [-0.2, -0.15) is 13.2 Å². The number of hydrogen-bond acceptors (Lipinski definition) is 9. The Morgan fingerprint density at radius 1 is 0.636 bits per heavy atom. The Labute approximate surface area is 188 Å². The van der Waals surface area contributed by atoms with Crippen molar-refractivity contribution in [3.8, 4) is 0 Å². The number of nitrogens with zero attached hydrogens (tertiary/aromatic N) is 5. The van der Waals surface area contributed by atoms with E-state index in [4.69, 9.17) is 0 Å². The zero-order chi connectivity index (χ0) is 23.8. The Balaban J connectivity index is 1.52. The number of hydrogen-bond donors (Lipinski definition) is 4. The molecule has 2 saturated heterocycles. The van der Waals surface area contributed by atoms with Gasteiger partial charge in [0.15, 0.2) is 0 Å². The van der Waals surface area contributed by atoms with Crippen molar-refractivity contribution >= 4 is 28.4 Å². The minimum Gasteiger partial charge on any atom is -0.370 e. The molecule has 0 bridgehead atoms. The zero-order valence-corrected chi connectivity index (χ0v) is 17.8. The first-order valence-corrected chi connectivity index (χ1v) is 10.6. The lowest BCUT2D eigenvalue weighted by molar-refractivity contribution is -0.137. The fourth-order valence-corrected chi connectivity index (χ4v) is 4.42. The first kappa shape index (κ1) is 23.2. The minimum absolute atomic E-state index is 0.122. The van der Waals surface area contributed by atoms with Gasteiger partial charge in [0.25, 0.3) is 0 Å². The number of anilines is 5. The highest BCUT2D eigenvalue weighted by Gasteiger charge is 2.32. The van der Waals surface area contributed by atoms with Gasteiger partial charge in [-0.05, 0) is 49.2 Å². The van der Waals surface area contributed by atoms with Gasteiger partial charge in [0.05, 0.1) is 16.9 Å². The van der Waals surface area contributed by atoms with E-state index in [-0.39, 0.29) is 21.8 Å². The molecule has 0 atom stereocenters. The van der Waals surface area contributed by atoms with Gasteiger partial charge in [0.2, 0.25) is 0 Å². The molecule has 9 nitrogen and oxygen atoms in total. The molecule has 33 heavy (non-hydrogen) atoms. The second-order valence-corrected chi connectivity index (χ2v) is 8.12. The van der Waals surface area contributed by atoms with Crippen LogP contribution in [0.15, 0.2) is 36.4 Å². The van der Waals surface area contributed by atoms with Crippen molar-refractivity contribution in [1.82, 2.24) is 0 Å². The SMILES string of the molecule is ON(O)c1ccc(N2CCN(c3ccc(C(F)(F)F)cc3N(O)O)CC2)cc1N1CCCC1. The number of halogens is 3. The molecule has 2 aliphatic heterocycles. The molecular formula is C21H26F3N5O4. The lowest BCUT2D eigenvalue weighted by Gasteiger charge is -2.39. The summed E-state index contributed by atoms with van der Waals surface area (Å²) in [6.07, 6.45) is -2.54. The van der Waals surface area contributed by atoms with Gasteiger partial charge in [-0.1, -0.05) is 0 Å². The van der Waals surface area contributed by atoms with Gasteiger partial charge in [-0.25, -0.2) is 0 Å². The summed E-state index contributed by atoms with van der Waals surface area (Å²) in [5.41, 5.74) is 0.880. The quantitative estimate of drug-likeness (QED) is 0.488. The van der Waals surface area contributed by atoms with Crippen molar-refractivity contribution < 1.29 is 34.0 Å². The molecule has 2 aliphatic rings. The van der Waals surface area contributed by atoms with Gasteiger partial charge in [-0.15, -0.1) is 10.5 Å². The molecule has 0 saturated carbocycles. The largest absolute Gasteiger partial charge is 0.416 e. The Kier molecular flexibility index (Phi) is 6.43. The number of piperazine rings is 1. The van der Waals surface area contributed by atoms with Crippen LogP contribution in [0.2, 0.25) is 0 Å². The van der Waals surface area contributed by atoms with Crippen molar-refractivity contribution in [1.29, 1.82) is 0 Å². The third-order valence-corrected chi connectivity index (χ3v) is 6.12. The predicted octanol–water partition coefficient (Wildman–Crippen LogP) is 3.80. The van der Waals surface area contributed by atoms with Crippen LogP contribution in [0, 0.1) is 0 Å². The van der Waals surface area contributed by atoms with Gasteiger partial charge in [0.1, 0.15) is 11.4 Å². The summed E-state index contributed by atoms with van der Waals surface area (Å²) in [6, 6.07) is 8.20. The van der Waals surface area contributed by atoms with E-state index in [1.54, 1.807) is 17.0 Å². The summed E-state index contributed by atoms with van der Waals surface area (Å²) in [5, 5.41) is 38.0. The minimum atomic E-state index is -4.60. The maximum absolute atomic E-state index is 13.0. The van der Waals surface area contributed by atoms with E-state index in [1.165, 1.54) is 6.07 Å². The van der Waals surface area contributed by atoms with Gasteiger partial charge in [0, 0.05) is 45.0 Å². The van der Waals surface area contributed by atoms with Crippen LogP contribution >= 0.6 is 0 Å². The summed E-state index contributed by atoms with van der Waals surface area (Å²) in [6.45, 7) is 3.62. The second kappa shape index (κ2) is 9.14. The van der Waals surface area contributed by atoms with Gasteiger partial charge >= 0.3 is 6.18 Å². The molecule has 2 aromatic rings. The van der Waals surface area contributed by atoms with E-state index in [0.29, 0.717) is 37.9 Å². The molecule has 0 radical (unpaired) electrons. The molecule has 0 spiro atoms. The van der Waals surface area contributed by atoms with Crippen molar-refractivity contribution in [2.45, 2.75) is 19.0 Å². The average molecular weight is 469 g/mol. The molecular weight excluding hydrogens is 443 g/mol. The summed E-state index contributed by atoms with van der Waals surface area (Å²) in [7, 11) is 0. The van der Waals surface area contributed by atoms with E-state index in [1.807, 2.05) is 6.07 Å². The van der Waals surface area contributed by atoms with E-state index >= 15 is 0 Å². The van der Waals surface area contributed by atoms with E-state index in [9.17, 15) is 34.0 Å². The first-order valence-electron chi connectivity index (χ1n) is 10.6. The zero-order valence-electron chi connectivity index (χ0n) is 17.8. The highest BCUT2D eigenvalue weighted by molar-refractivity contribution is 5.76. The molecule has 4 rings (SSSR count). The van der Waals surface area contributed by atoms with Crippen molar-refractivity contribution in [3.05, 3.63) is 42.0 Å². The third-order valence-electron chi connectivity index (χ3n) is 6.12. The highest BCUT2D eigenvalue weighted by Crippen LogP contribution is 2.38. The Morgan fingerprint density at radius 3 is 1.79 bits per heavy atom. The van der Waals surface area contributed by atoms with Gasteiger partial charge in [-0.3, -0.25) is 20.8 Å². The summed E-state index contributed by atoms with van der Waals surface area (Å²) in [4.78, 5) is 5.99. The molecule has 12 heteroatoms. The van der Waals surface area contributed by atoms with Crippen LogP contribution in [0.4, 0.5) is 41.6 Å². The van der Waals surface area contributed by atoms with Crippen LogP contribution in [0.25, 0.3) is 0 Å². The fraction of sp³-hybridized carbons (Fsp3) is 0.429. The van der Waals surface area contributed by atoms with Crippen molar-refractivity contribution in [3.63, 3.8) is 0 Å². The van der Waals surface area contributed by atoms with E-state index in [0.717, 1.165) is 43.4 Å². The second-order valence-electron chi connectivity index (χ2n) is 8.12. The standard InChI is InChI=1S/C21H26F3N5O4/c22-21(23,24)15-3-5-17(20(13-15)29(32)33)27-11-9-25(10-12-27)16-4-6-18(28(30)31)19(14-16)26-7-1-2-8-26/h3-6,13-14,30-33H,1-2,7-12H2. The molecule has 4 N–H and O–H groups in total. The Morgan fingerprint density at radius 2 is 1.21 bits per heavy atom. The van der Waals surface area contributed by atoms with Crippen molar-refractivity contribution in [2.75, 3.05) is 64.4 Å². The summed E-state index contributed by atoms with van der Waals surface area (Å²) < 4.78 is 39.1. The molecule has 0 aliphatic carbocycles. The van der Waals surface area contributed by atoms with Crippen LogP contribution < -0.4 is 25.2 Å². The molecule has 0 aromatic heterocycles. The van der Waals surface area contributed by atoms with Crippen LogP contribution in [0.3, 0.4) is 0 Å². The van der Waals surface area contributed by atoms with Crippen LogP contribution in [-0.4, -0.2) is 60.1 Å². The molecule has 2 aromatic carbocycles. The van der Waals surface area contributed by atoms with Crippen LogP contribution in [0.1, 0.15) is 18.4 Å². The molecule has 2 fully saturated rings. The summed E-state index contributed by atoms with van der Waals surface area (Å²) >= 11 is 0. The predicted molar refractivity (Wildman–Crippen MR) is 116 cm³/mol. The summed E-state index contributed by atoms with van der Waals surface area (Å²) in [5.74, 6) is 0. The molecule has 0 amide bonds. The lowest BCUT2D eigenvalue weighted by atomic mass is 10.1. The number of rotatable bonds is 5. The lowest BCUT2D eigenvalue weighted by Crippen LogP contribution is -2.47. The number of alkyl halides is 3. The fourth-order valence-electron chi connectivity index (χ4n) is 4.42. The van der Waals surface area contributed by atoms with Gasteiger partial charge < -0.3 is 14.7 Å². The van der Waals surface area contributed by atoms with Crippen LogP contribution in [-0.2, 0) is 6.18 Å². The van der Waals surface area contributed by atoms with Crippen LogP contribution in [0.5, 0.6) is 0 Å². The third kappa shape index (κ3) is 4.88. The monoisotopic (exact) mass is 469 g/mol. The van der Waals surface area contributed by atoms with E-state index < -0.39 is 11.7 Å². The van der Waals surface area contributed by atoms with E-state index in [2.05, 4.69) is 9.80 Å². The Bertz CT molecular complexity index is 975. The smallest absolute Gasteiger partial charge is 0.370 e. The normalized spacial score (nSPS) is 17.0.